The van der Waals surface area contributed by atoms with Gasteiger partial charge < -0.3 is 24.7 Å². The molecule has 2 unspecified atom stereocenters. The van der Waals surface area contributed by atoms with Gasteiger partial charge in [-0.15, -0.1) is 0 Å². The summed E-state index contributed by atoms with van der Waals surface area (Å²) in [5.41, 5.74) is 4.05. The van der Waals surface area contributed by atoms with Crippen LogP contribution in [0.2, 0.25) is 5.02 Å². The van der Waals surface area contributed by atoms with Gasteiger partial charge in [-0.1, -0.05) is 57.7 Å². The van der Waals surface area contributed by atoms with E-state index in [4.69, 9.17) is 22.2 Å². The second kappa shape index (κ2) is 12.9. The van der Waals surface area contributed by atoms with E-state index in [1.165, 1.54) is 5.01 Å². The molecule has 0 amide bonds. The highest BCUT2D eigenvalue weighted by molar-refractivity contribution is 6.31. The largest absolute Gasteiger partial charge is 0.493 e. The highest BCUT2D eigenvalue weighted by atomic mass is 35.5. The summed E-state index contributed by atoms with van der Waals surface area (Å²) < 4.78 is 5.90. The molecular weight excluding hydrogens is 472 g/mol. The number of aliphatic hydroxyl groups excluding tert-OH is 1. The van der Waals surface area contributed by atoms with E-state index in [2.05, 4.69) is 48.2 Å². The van der Waals surface area contributed by atoms with Crippen LogP contribution in [0.1, 0.15) is 50.9 Å². The average molecular weight is 511 g/mol. The molecule has 0 spiro atoms. The topological polar surface area (TPSA) is 77.8 Å². The number of allylic oxidation sites excluding steroid dienone is 1. The second-order valence-corrected chi connectivity index (χ2v) is 9.87. The van der Waals surface area contributed by atoms with Gasteiger partial charge in [-0.05, 0) is 60.5 Å². The maximum Gasteiger partial charge on any atom is 0.119 e. The van der Waals surface area contributed by atoms with Crippen molar-refractivity contribution in [3.63, 3.8) is 0 Å². The predicted molar refractivity (Wildman–Crippen MR) is 150 cm³/mol. The first kappa shape index (κ1) is 27.7. The Bertz CT molecular complexity index is 1140. The third-order valence-electron chi connectivity index (χ3n) is 6.30. The van der Waals surface area contributed by atoms with Gasteiger partial charge in [-0.3, -0.25) is 0 Å². The lowest BCUT2D eigenvalue weighted by Crippen LogP contribution is -2.38. The number of rotatable bonds is 14. The summed E-state index contributed by atoms with van der Waals surface area (Å²) in [5, 5.41) is 13.6. The van der Waals surface area contributed by atoms with Gasteiger partial charge in [0.1, 0.15) is 5.75 Å². The van der Waals surface area contributed by atoms with Crippen molar-refractivity contribution in [1.82, 2.24) is 14.9 Å². The molecule has 1 heterocycles. The van der Waals surface area contributed by atoms with E-state index in [1.54, 1.807) is 0 Å². The fourth-order valence-electron chi connectivity index (χ4n) is 4.23. The third kappa shape index (κ3) is 7.06. The van der Waals surface area contributed by atoms with Crippen LogP contribution in [0.5, 0.6) is 5.75 Å². The van der Waals surface area contributed by atoms with Crippen LogP contribution in [0.4, 0.5) is 0 Å². The molecule has 0 fully saturated rings. The first-order valence-electron chi connectivity index (χ1n) is 12.5. The summed E-state index contributed by atoms with van der Waals surface area (Å²) in [6.07, 6.45) is 2.78. The number of hydrazine groups is 1. The number of ether oxygens (including phenoxy) is 1. The van der Waals surface area contributed by atoms with E-state index in [0.29, 0.717) is 19.6 Å². The van der Waals surface area contributed by atoms with E-state index in [1.807, 2.05) is 50.4 Å². The Hall–Kier alpha value is -2.93. The molecule has 3 aromatic rings. The number of fused-ring (bicyclic) bond motifs is 1. The number of hydrogen-bond donors (Lipinski definition) is 3. The lowest BCUT2D eigenvalue weighted by Gasteiger charge is -2.30. The number of nitrogens with zero attached hydrogens (tertiary/aromatic N) is 2. The highest BCUT2D eigenvalue weighted by Gasteiger charge is 2.22. The molecule has 36 heavy (non-hydrogen) atoms. The summed E-state index contributed by atoms with van der Waals surface area (Å²) in [4.78, 5) is 5.80. The minimum absolute atomic E-state index is 0.0194. The summed E-state index contributed by atoms with van der Waals surface area (Å²) in [6.45, 7) is 15.8. The number of aliphatic hydroxyl groups is 1. The van der Waals surface area contributed by atoms with Crippen LogP contribution < -0.4 is 10.6 Å². The van der Waals surface area contributed by atoms with Gasteiger partial charge in [0.25, 0.3) is 0 Å². The molecule has 0 saturated carbocycles. The summed E-state index contributed by atoms with van der Waals surface area (Å²) in [6, 6.07) is 16.1. The molecule has 6 nitrogen and oxygen atoms in total. The number of hydrogen-bond acceptors (Lipinski definition) is 5. The Kier molecular flexibility index (Phi) is 9.88. The Morgan fingerprint density at radius 1 is 1.19 bits per heavy atom. The SMILES string of the molecule is C=CN(CCC)C(c1ccc(OCCC(O)CN(N)C(=C)C(C)C)cc1)c1cc2cc(Cl)ccc2[nH]1. The van der Waals surface area contributed by atoms with Crippen molar-refractivity contribution in [3.8, 4) is 5.75 Å². The fraction of sp³-hybridized carbons (Fsp3) is 0.379. The maximum atomic E-state index is 10.3. The molecule has 0 bridgehead atoms. The van der Waals surface area contributed by atoms with E-state index in [-0.39, 0.29) is 12.0 Å². The Morgan fingerprint density at radius 3 is 2.56 bits per heavy atom. The van der Waals surface area contributed by atoms with Gasteiger partial charge in [0.05, 0.1) is 25.3 Å². The van der Waals surface area contributed by atoms with Crippen molar-refractivity contribution in [2.24, 2.45) is 11.8 Å². The number of nitrogens with one attached hydrogen (secondary N) is 1. The first-order chi connectivity index (χ1) is 17.2. The van der Waals surface area contributed by atoms with Crippen molar-refractivity contribution in [1.29, 1.82) is 0 Å². The molecule has 2 atom stereocenters. The summed E-state index contributed by atoms with van der Waals surface area (Å²) in [5.74, 6) is 6.99. The molecule has 4 N–H and O–H groups in total. The Labute approximate surface area is 220 Å². The van der Waals surface area contributed by atoms with E-state index in [9.17, 15) is 5.11 Å². The molecule has 1 aromatic heterocycles. The molecule has 194 valence electrons. The highest BCUT2D eigenvalue weighted by Crippen LogP contribution is 2.32. The molecule has 0 aliphatic rings. The monoisotopic (exact) mass is 510 g/mol. The minimum Gasteiger partial charge on any atom is -0.493 e. The molecule has 0 aliphatic heterocycles. The average Bonchev–Trinajstić information content (AvgIpc) is 3.26. The number of aromatic nitrogens is 1. The van der Waals surface area contributed by atoms with Crippen molar-refractivity contribution < 1.29 is 9.84 Å². The van der Waals surface area contributed by atoms with Crippen molar-refractivity contribution in [2.75, 3.05) is 19.7 Å². The molecule has 0 aliphatic carbocycles. The minimum atomic E-state index is -0.597. The zero-order chi connectivity index (χ0) is 26.2. The first-order valence-corrected chi connectivity index (χ1v) is 12.9. The smallest absolute Gasteiger partial charge is 0.119 e. The van der Waals surface area contributed by atoms with Crippen LogP contribution >= 0.6 is 11.6 Å². The zero-order valence-corrected chi connectivity index (χ0v) is 22.3. The van der Waals surface area contributed by atoms with Gasteiger partial charge in [0, 0.05) is 40.3 Å². The number of nitrogens with two attached hydrogens (primary N) is 1. The van der Waals surface area contributed by atoms with Crippen LogP contribution in [-0.2, 0) is 0 Å². The third-order valence-corrected chi connectivity index (χ3v) is 6.54. The van der Waals surface area contributed by atoms with Crippen LogP contribution in [0.25, 0.3) is 10.9 Å². The van der Waals surface area contributed by atoms with Crippen molar-refractivity contribution in [3.05, 3.63) is 89.9 Å². The van der Waals surface area contributed by atoms with Gasteiger partial charge in [0.2, 0.25) is 0 Å². The molecule has 0 saturated heterocycles. The van der Waals surface area contributed by atoms with Crippen molar-refractivity contribution >= 4 is 22.5 Å². The lowest BCUT2D eigenvalue weighted by molar-refractivity contribution is 0.101. The van der Waals surface area contributed by atoms with Crippen LogP contribution in [0.15, 0.2) is 73.6 Å². The van der Waals surface area contributed by atoms with E-state index < -0.39 is 6.10 Å². The number of H-pyrrole nitrogens is 1. The molecule has 2 aromatic carbocycles. The summed E-state index contributed by atoms with van der Waals surface area (Å²) >= 11 is 6.21. The van der Waals surface area contributed by atoms with E-state index >= 15 is 0 Å². The van der Waals surface area contributed by atoms with Crippen LogP contribution in [-0.4, -0.2) is 45.8 Å². The molecule has 7 heteroatoms. The van der Waals surface area contributed by atoms with E-state index in [0.717, 1.165) is 51.6 Å². The molecule has 0 radical (unpaired) electrons. The zero-order valence-electron chi connectivity index (χ0n) is 21.6. The van der Waals surface area contributed by atoms with Crippen molar-refractivity contribution in [2.45, 2.75) is 45.8 Å². The normalized spacial score (nSPS) is 13.0. The van der Waals surface area contributed by atoms with Crippen LogP contribution in [0, 0.1) is 5.92 Å². The summed E-state index contributed by atoms with van der Waals surface area (Å²) in [7, 11) is 0. The molecular formula is C29H39ClN4O2. The number of aromatic amines is 1. The fourth-order valence-corrected chi connectivity index (χ4v) is 4.41. The van der Waals surface area contributed by atoms with Crippen LogP contribution in [0.3, 0.4) is 0 Å². The predicted octanol–water partition coefficient (Wildman–Crippen LogP) is 6.24. The standard InChI is InChI=1S/C29H39ClN4O2/c1-6-15-33(7-2)29(28-18-23-17-24(30)10-13-27(23)32-28)22-8-11-26(12-9-22)36-16-14-25(35)19-34(31)21(5)20(3)4/h7-13,17-18,20,25,29,32,35H,2,5-6,14-16,19,31H2,1,3-4H3. The molecule has 3 rings (SSSR count). The Morgan fingerprint density at radius 2 is 1.92 bits per heavy atom. The van der Waals surface area contributed by atoms with Gasteiger partial charge >= 0.3 is 0 Å². The number of benzene rings is 2. The maximum absolute atomic E-state index is 10.3. The number of halogens is 1. The van der Waals surface area contributed by atoms with Gasteiger partial charge in [-0.25, -0.2) is 5.84 Å². The second-order valence-electron chi connectivity index (χ2n) is 9.44. The lowest BCUT2D eigenvalue weighted by atomic mass is 10.0. The van der Waals surface area contributed by atoms with Gasteiger partial charge in [0.15, 0.2) is 0 Å². The quantitative estimate of drug-likeness (QED) is 0.177. The van der Waals surface area contributed by atoms with Gasteiger partial charge in [-0.2, -0.15) is 0 Å². The Balaban J connectivity index is 1.69.